The number of aromatic nitrogens is 4. The second-order valence-electron chi connectivity index (χ2n) is 4.67. The highest BCUT2D eigenvalue weighted by Crippen LogP contribution is 2.36. The molecule has 1 aromatic heterocycles. The molecule has 0 saturated heterocycles. The summed E-state index contributed by atoms with van der Waals surface area (Å²) in [5, 5.41) is 24.3. The number of methoxy groups -OCH3 is 1. The fourth-order valence-electron chi connectivity index (χ4n) is 1.66. The number of hydrogen-bond donors (Lipinski definition) is 2. The summed E-state index contributed by atoms with van der Waals surface area (Å²) in [6, 6.07) is 0.403. The Kier molecular flexibility index (Phi) is 5.74. The van der Waals surface area contributed by atoms with E-state index in [1.165, 1.54) is 18.9 Å². The summed E-state index contributed by atoms with van der Waals surface area (Å²) in [6.45, 7) is 0.707. The van der Waals surface area contributed by atoms with Crippen LogP contribution in [0.2, 0.25) is 0 Å². The highest BCUT2D eigenvalue weighted by Gasteiger charge is 2.28. The van der Waals surface area contributed by atoms with Crippen LogP contribution in [0.5, 0.6) is 0 Å². The Morgan fingerprint density at radius 2 is 2.45 bits per heavy atom. The summed E-state index contributed by atoms with van der Waals surface area (Å²) < 4.78 is 6.59. The molecule has 112 valence electrons. The van der Waals surface area contributed by atoms with Gasteiger partial charge < -0.3 is 15.2 Å². The van der Waals surface area contributed by atoms with E-state index in [4.69, 9.17) is 4.74 Å². The molecule has 1 fully saturated rings. The lowest BCUT2D eigenvalue weighted by Crippen LogP contribution is -2.29. The van der Waals surface area contributed by atoms with Crippen LogP contribution in [-0.2, 0) is 9.53 Å². The van der Waals surface area contributed by atoms with Gasteiger partial charge in [-0.15, -0.1) is 5.10 Å². The van der Waals surface area contributed by atoms with Gasteiger partial charge in [0.2, 0.25) is 11.1 Å². The largest absolute Gasteiger partial charge is 0.391 e. The number of nitrogens with zero attached hydrogens (tertiary/aromatic N) is 4. The minimum absolute atomic E-state index is 0.0926. The Balaban J connectivity index is 1.63. The van der Waals surface area contributed by atoms with Gasteiger partial charge in [0.15, 0.2) is 0 Å². The summed E-state index contributed by atoms with van der Waals surface area (Å²) in [5.74, 6) is 0.179. The molecular weight excluding hydrogens is 282 g/mol. The molecule has 9 heteroatoms. The molecule has 1 heterocycles. The number of ether oxygens (including phenoxy) is 1. The third-order valence-electron chi connectivity index (χ3n) is 2.85. The number of aliphatic hydroxyl groups excluding tert-OH is 1. The SMILES string of the molecule is COCC(O)CCNC(=O)CSc1nnnn1C1CC1. The van der Waals surface area contributed by atoms with Crippen LogP contribution in [0.1, 0.15) is 25.3 Å². The number of amides is 1. The van der Waals surface area contributed by atoms with Crippen molar-refractivity contribution in [1.82, 2.24) is 25.5 Å². The van der Waals surface area contributed by atoms with Crippen molar-refractivity contribution in [1.29, 1.82) is 0 Å². The minimum Gasteiger partial charge on any atom is -0.391 e. The van der Waals surface area contributed by atoms with Gasteiger partial charge >= 0.3 is 0 Å². The Hall–Kier alpha value is -1.19. The van der Waals surface area contributed by atoms with Gasteiger partial charge in [0, 0.05) is 13.7 Å². The van der Waals surface area contributed by atoms with Crippen LogP contribution < -0.4 is 5.32 Å². The first kappa shape index (κ1) is 15.2. The first-order valence-electron chi connectivity index (χ1n) is 6.55. The average Bonchev–Trinajstić information content (AvgIpc) is 3.16. The second kappa shape index (κ2) is 7.55. The van der Waals surface area contributed by atoms with Crippen LogP contribution in [0.15, 0.2) is 5.16 Å². The zero-order valence-electron chi connectivity index (χ0n) is 11.4. The van der Waals surface area contributed by atoms with Crippen LogP contribution >= 0.6 is 11.8 Å². The molecule has 1 unspecified atom stereocenters. The lowest BCUT2D eigenvalue weighted by molar-refractivity contribution is -0.118. The number of nitrogens with one attached hydrogen (secondary N) is 1. The molecule has 1 aromatic rings. The van der Waals surface area contributed by atoms with Gasteiger partial charge in [-0.2, -0.15) is 0 Å². The normalized spacial score (nSPS) is 16.1. The van der Waals surface area contributed by atoms with Gasteiger partial charge in [-0.05, 0) is 29.7 Å². The molecular formula is C11H19N5O3S. The number of carbonyl (C=O) groups is 1. The standard InChI is InChI=1S/C11H19N5O3S/c1-19-6-9(17)4-5-12-10(18)7-20-11-13-14-15-16(11)8-2-3-8/h8-9,17H,2-7H2,1H3,(H,12,18). The van der Waals surface area contributed by atoms with E-state index in [0.717, 1.165) is 12.8 Å². The van der Waals surface area contributed by atoms with Crippen molar-refractivity contribution >= 4 is 17.7 Å². The minimum atomic E-state index is -0.546. The number of thioether (sulfide) groups is 1. The monoisotopic (exact) mass is 301 g/mol. The number of rotatable bonds is 9. The molecule has 0 aromatic carbocycles. The number of aliphatic hydroxyl groups is 1. The van der Waals surface area contributed by atoms with Gasteiger partial charge in [0.25, 0.3) is 0 Å². The summed E-state index contributed by atoms with van der Waals surface area (Å²) in [6.07, 6.45) is 2.13. The molecule has 2 N–H and O–H groups in total. The number of tetrazole rings is 1. The summed E-state index contributed by atoms with van der Waals surface area (Å²) in [4.78, 5) is 11.7. The number of carbonyl (C=O) groups excluding carboxylic acids is 1. The molecule has 1 atom stereocenters. The summed E-state index contributed by atoms with van der Waals surface area (Å²) in [5.41, 5.74) is 0. The van der Waals surface area contributed by atoms with Crippen LogP contribution in [0, 0.1) is 0 Å². The maximum absolute atomic E-state index is 11.7. The molecule has 1 aliphatic rings. The Bertz CT molecular complexity index is 437. The van der Waals surface area contributed by atoms with E-state index in [1.54, 1.807) is 4.68 Å². The summed E-state index contributed by atoms with van der Waals surface area (Å²) >= 11 is 1.33. The summed E-state index contributed by atoms with van der Waals surface area (Å²) in [7, 11) is 1.53. The van der Waals surface area contributed by atoms with E-state index in [9.17, 15) is 9.90 Å². The second-order valence-corrected chi connectivity index (χ2v) is 5.62. The van der Waals surface area contributed by atoms with Crippen molar-refractivity contribution in [3.63, 3.8) is 0 Å². The van der Waals surface area contributed by atoms with E-state index in [-0.39, 0.29) is 18.3 Å². The van der Waals surface area contributed by atoms with Crippen molar-refractivity contribution in [3.8, 4) is 0 Å². The maximum Gasteiger partial charge on any atom is 0.230 e. The first-order chi connectivity index (χ1) is 9.70. The average molecular weight is 301 g/mol. The molecule has 0 radical (unpaired) electrons. The quantitative estimate of drug-likeness (QED) is 0.599. The van der Waals surface area contributed by atoms with E-state index < -0.39 is 6.10 Å². The lowest BCUT2D eigenvalue weighted by Gasteiger charge is -2.09. The molecule has 20 heavy (non-hydrogen) atoms. The third-order valence-corrected chi connectivity index (χ3v) is 3.78. The van der Waals surface area contributed by atoms with Gasteiger partial charge in [-0.3, -0.25) is 4.79 Å². The lowest BCUT2D eigenvalue weighted by atomic mass is 10.3. The van der Waals surface area contributed by atoms with Crippen LogP contribution in [0.25, 0.3) is 0 Å². The van der Waals surface area contributed by atoms with Crippen molar-refractivity contribution in [2.24, 2.45) is 0 Å². The molecule has 0 aliphatic heterocycles. The fourth-order valence-corrected chi connectivity index (χ4v) is 2.44. The van der Waals surface area contributed by atoms with E-state index in [1.807, 2.05) is 0 Å². The molecule has 0 spiro atoms. The Morgan fingerprint density at radius 1 is 1.65 bits per heavy atom. The van der Waals surface area contributed by atoms with Crippen LogP contribution in [0.4, 0.5) is 0 Å². The van der Waals surface area contributed by atoms with Crippen molar-refractivity contribution in [2.75, 3.05) is 26.0 Å². The molecule has 1 amide bonds. The maximum atomic E-state index is 11.7. The Morgan fingerprint density at radius 3 is 3.15 bits per heavy atom. The molecule has 8 nitrogen and oxygen atoms in total. The van der Waals surface area contributed by atoms with E-state index in [0.29, 0.717) is 24.2 Å². The van der Waals surface area contributed by atoms with Gasteiger partial charge in [-0.25, -0.2) is 4.68 Å². The Labute approximate surface area is 121 Å². The highest BCUT2D eigenvalue weighted by atomic mass is 32.2. The topological polar surface area (TPSA) is 102 Å². The van der Waals surface area contributed by atoms with Crippen LogP contribution in [0.3, 0.4) is 0 Å². The predicted octanol–water partition coefficient (Wildman–Crippen LogP) is -0.386. The van der Waals surface area contributed by atoms with Gasteiger partial charge in [0.05, 0.1) is 24.5 Å². The number of hydrogen-bond acceptors (Lipinski definition) is 7. The highest BCUT2D eigenvalue weighted by molar-refractivity contribution is 7.99. The molecule has 1 aliphatic carbocycles. The van der Waals surface area contributed by atoms with E-state index >= 15 is 0 Å². The van der Waals surface area contributed by atoms with Crippen molar-refractivity contribution < 1.29 is 14.6 Å². The first-order valence-corrected chi connectivity index (χ1v) is 7.53. The fraction of sp³-hybridized carbons (Fsp3) is 0.818. The van der Waals surface area contributed by atoms with E-state index in [2.05, 4.69) is 20.8 Å². The molecule has 1 saturated carbocycles. The van der Waals surface area contributed by atoms with Gasteiger partial charge in [0.1, 0.15) is 0 Å². The predicted molar refractivity (Wildman–Crippen MR) is 72.3 cm³/mol. The smallest absolute Gasteiger partial charge is 0.230 e. The van der Waals surface area contributed by atoms with Gasteiger partial charge in [-0.1, -0.05) is 11.8 Å². The molecule has 0 bridgehead atoms. The third kappa shape index (κ3) is 4.73. The zero-order valence-corrected chi connectivity index (χ0v) is 12.2. The zero-order chi connectivity index (χ0) is 14.4. The van der Waals surface area contributed by atoms with Crippen molar-refractivity contribution in [2.45, 2.75) is 36.6 Å². The molecule has 2 rings (SSSR count). The van der Waals surface area contributed by atoms with Crippen LogP contribution in [-0.4, -0.2) is 63.3 Å². The van der Waals surface area contributed by atoms with Crippen molar-refractivity contribution in [3.05, 3.63) is 0 Å².